The van der Waals surface area contributed by atoms with Crippen molar-refractivity contribution in [1.29, 1.82) is 0 Å². The summed E-state index contributed by atoms with van der Waals surface area (Å²) in [7, 11) is 0. The van der Waals surface area contributed by atoms with Gasteiger partial charge in [-0.3, -0.25) is 4.79 Å². The van der Waals surface area contributed by atoms with Crippen LogP contribution in [0.4, 0.5) is 10.1 Å². The summed E-state index contributed by atoms with van der Waals surface area (Å²) >= 11 is 0. The monoisotopic (exact) mass is 526 g/mol. The number of aliphatic imine (C=N–C) groups is 1. The van der Waals surface area contributed by atoms with Gasteiger partial charge in [0.25, 0.3) is 0 Å². The van der Waals surface area contributed by atoms with Gasteiger partial charge in [0.2, 0.25) is 5.91 Å². The Labute approximate surface area is 193 Å². The number of hydrogen-bond donors (Lipinski definition) is 2. The number of halogens is 2. The molecule has 0 unspecified atom stereocenters. The van der Waals surface area contributed by atoms with Gasteiger partial charge in [-0.2, -0.15) is 0 Å². The number of amides is 1. The van der Waals surface area contributed by atoms with E-state index in [0.29, 0.717) is 5.69 Å². The molecule has 1 aliphatic rings. The quantitative estimate of drug-likeness (QED) is 0.341. The molecular weight excluding hydrogens is 498 g/mol. The van der Waals surface area contributed by atoms with Gasteiger partial charge in [0, 0.05) is 38.2 Å². The second kappa shape index (κ2) is 12.4. The van der Waals surface area contributed by atoms with Crippen LogP contribution in [0.2, 0.25) is 0 Å². The van der Waals surface area contributed by atoms with Crippen LogP contribution in [0.5, 0.6) is 5.75 Å². The number of benzene rings is 2. The van der Waals surface area contributed by atoms with E-state index in [1.54, 1.807) is 0 Å². The van der Waals surface area contributed by atoms with Crippen LogP contribution in [0.25, 0.3) is 0 Å². The Hall–Kier alpha value is -2.36. The predicted octanol–water partition coefficient (Wildman–Crippen LogP) is 3.89. The van der Waals surface area contributed by atoms with Crippen molar-refractivity contribution in [1.82, 2.24) is 10.2 Å². The minimum Gasteiger partial charge on any atom is -0.490 e. The average Bonchev–Trinajstić information content (AvgIpc) is 2.74. The fourth-order valence-electron chi connectivity index (χ4n) is 3.18. The lowest BCUT2D eigenvalue weighted by molar-refractivity contribution is -0.114. The van der Waals surface area contributed by atoms with Crippen molar-refractivity contribution >= 4 is 41.5 Å². The van der Waals surface area contributed by atoms with Crippen molar-refractivity contribution in [2.24, 2.45) is 4.99 Å². The zero-order valence-electron chi connectivity index (χ0n) is 17.0. The zero-order chi connectivity index (χ0) is 20.5. The highest BCUT2D eigenvalue weighted by atomic mass is 127. The third kappa shape index (κ3) is 7.47. The van der Waals surface area contributed by atoms with Crippen molar-refractivity contribution in [3.05, 3.63) is 60.4 Å². The van der Waals surface area contributed by atoms with Gasteiger partial charge >= 0.3 is 0 Å². The summed E-state index contributed by atoms with van der Waals surface area (Å²) in [5.41, 5.74) is 0.551. The molecule has 8 heteroatoms. The third-order valence-corrected chi connectivity index (χ3v) is 4.62. The maximum absolute atomic E-state index is 13.0. The second-order valence-electron chi connectivity index (χ2n) is 6.84. The summed E-state index contributed by atoms with van der Waals surface area (Å²) in [5.74, 6) is 1.04. The number of anilines is 1. The molecule has 1 amide bonds. The number of ether oxygens (including phenoxy) is 1. The van der Waals surface area contributed by atoms with E-state index in [-0.39, 0.29) is 48.3 Å². The molecule has 0 saturated carbocycles. The second-order valence-corrected chi connectivity index (χ2v) is 6.84. The maximum atomic E-state index is 13.0. The molecular formula is C22H28FIN4O2. The highest BCUT2D eigenvalue weighted by Gasteiger charge is 2.22. The first-order valence-electron chi connectivity index (χ1n) is 9.94. The predicted molar refractivity (Wildman–Crippen MR) is 128 cm³/mol. The van der Waals surface area contributed by atoms with E-state index in [2.05, 4.69) is 20.5 Å². The Morgan fingerprint density at radius 3 is 2.43 bits per heavy atom. The molecule has 1 aliphatic heterocycles. The van der Waals surface area contributed by atoms with Crippen molar-refractivity contribution in [2.75, 3.05) is 31.5 Å². The molecule has 1 fully saturated rings. The molecule has 162 valence electrons. The van der Waals surface area contributed by atoms with E-state index < -0.39 is 0 Å². The maximum Gasteiger partial charge on any atom is 0.246 e. The Kier molecular flexibility index (Phi) is 9.85. The van der Waals surface area contributed by atoms with Gasteiger partial charge in [-0.15, -0.1) is 24.0 Å². The largest absolute Gasteiger partial charge is 0.490 e. The molecule has 30 heavy (non-hydrogen) atoms. The molecule has 2 aromatic rings. The summed E-state index contributed by atoms with van der Waals surface area (Å²) in [6, 6.07) is 15.5. The van der Waals surface area contributed by atoms with Gasteiger partial charge in [0.05, 0.1) is 0 Å². The first-order chi connectivity index (χ1) is 14.1. The van der Waals surface area contributed by atoms with E-state index in [4.69, 9.17) is 4.74 Å². The summed E-state index contributed by atoms with van der Waals surface area (Å²) in [4.78, 5) is 18.8. The molecule has 0 aromatic heterocycles. The molecule has 0 bridgehead atoms. The highest BCUT2D eigenvalue weighted by Crippen LogP contribution is 2.18. The SMILES string of the molecule is CCNC(=NCC(=O)Nc1ccc(F)cc1)N1CCC(Oc2ccccc2)CC1.I. The lowest BCUT2D eigenvalue weighted by Gasteiger charge is -2.34. The van der Waals surface area contributed by atoms with Crippen molar-refractivity contribution in [3.8, 4) is 5.75 Å². The third-order valence-electron chi connectivity index (χ3n) is 4.62. The fourth-order valence-corrected chi connectivity index (χ4v) is 3.18. The molecule has 0 spiro atoms. The summed E-state index contributed by atoms with van der Waals surface area (Å²) in [6.07, 6.45) is 1.96. The van der Waals surface area contributed by atoms with Gasteiger partial charge in [0.15, 0.2) is 5.96 Å². The Bertz CT molecular complexity index is 810. The van der Waals surface area contributed by atoms with E-state index >= 15 is 0 Å². The minimum absolute atomic E-state index is 0. The molecule has 2 aromatic carbocycles. The number of carbonyl (C=O) groups is 1. The van der Waals surface area contributed by atoms with E-state index in [1.165, 1.54) is 24.3 Å². The number of piperidine rings is 1. The van der Waals surface area contributed by atoms with Crippen molar-refractivity contribution in [3.63, 3.8) is 0 Å². The normalized spacial score (nSPS) is 14.6. The van der Waals surface area contributed by atoms with Gasteiger partial charge in [-0.1, -0.05) is 18.2 Å². The molecule has 3 rings (SSSR count). The van der Waals surface area contributed by atoms with Gasteiger partial charge in [0.1, 0.15) is 24.2 Å². The molecule has 2 N–H and O–H groups in total. The molecule has 1 heterocycles. The van der Waals surface area contributed by atoms with E-state index in [0.717, 1.165) is 44.2 Å². The number of rotatable bonds is 6. The van der Waals surface area contributed by atoms with Crippen LogP contribution in [0, 0.1) is 5.82 Å². The topological polar surface area (TPSA) is 66.0 Å². The highest BCUT2D eigenvalue weighted by molar-refractivity contribution is 14.0. The van der Waals surface area contributed by atoms with Gasteiger partial charge < -0.3 is 20.3 Å². The number of nitrogens with one attached hydrogen (secondary N) is 2. The lowest BCUT2D eigenvalue weighted by atomic mass is 10.1. The van der Waals surface area contributed by atoms with Crippen LogP contribution in [-0.2, 0) is 4.79 Å². The zero-order valence-corrected chi connectivity index (χ0v) is 19.3. The van der Waals surface area contributed by atoms with Crippen molar-refractivity contribution < 1.29 is 13.9 Å². The van der Waals surface area contributed by atoms with Crippen LogP contribution >= 0.6 is 24.0 Å². The average molecular weight is 526 g/mol. The number of guanidine groups is 1. The first-order valence-corrected chi connectivity index (χ1v) is 9.94. The summed E-state index contributed by atoms with van der Waals surface area (Å²) in [5, 5.41) is 5.97. The molecule has 1 saturated heterocycles. The van der Waals surface area contributed by atoms with Crippen LogP contribution < -0.4 is 15.4 Å². The van der Waals surface area contributed by atoms with Crippen molar-refractivity contribution in [2.45, 2.75) is 25.9 Å². The Morgan fingerprint density at radius 2 is 1.80 bits per heavy atom. The molecule has 0 aliphatic carbocycles. The molecule has 6 nitrogen and oxygen atoms in total. The number of para-hydroxylation sites is 1. The first kappa shape index (κ1) is 23.9. The number of nitrogens with zero attached hydrogens (tertiary/aromatic N) is 2. The lowest BCUT2D eigenvalue weighted by Crippen LogP contribution is -2.47. The van der Waals surface area contributed by atoms with E-state index in [1.807, 2.05) is 37.3 Å². The standard InChI is InChI=1S/C22H27FN4O2.HI/c1-2-24-22(25-16-21(28)26-18-10-8-17(23)9-11-18)27-14-12-20(13-15-27)29-19-6-4-3-5-7-19;/h3-11,20H,2,12-16H2,1H3,(H,24,25)(H,26,28);1H. The van der Waals surface area contributed by atoms with Crippen LogP contribution in [-0.4, -0.2) is 49.0 Å². The molecule has 0 atom stereocenters. The minimum atomic E-state index is -0.338. The number of hydrogen-bond acceptors (Lipinski definition) is 3. The van der Waals surface area contributed by atoms with Gasteiger partial charge in [-0.25, -0.2) is 9.38 Å². The number of carbonyl (C=O) groups excluding carboxylic acids is 1. The Morgan fingerprint density at radius 1 is 1.13 bits per heavy atom. The Balaban J connectivity index is 0.00000320. The van der Waals surface area contributed by atoms with Crippen LogP contribution in [0.15, 0.2) is 59.6 Å². The summed E-state index contributed by atoms with van der Waals surface area (Å²) < 4.78 is 19.0. The van der Waals surface area contributed by atoms with Gasteiger partial charge in [-0.05, 0) is 43.3 Å². The van der Waals surface area contributed by atoms with Crippen LogP contribution in [0.3, 0.4) is 0 Å². The fraction of sp³-hybridized carbons (Fsp3) is 0.364. The van der Waals surface area contributed by atoms with E-state index in [9.17, 15) is 9.18 Å². The number of likely N-dealkylation sites (tertiary alicyclic amines) is 1. The summed E-state index contributed by atoms with van der Waals surface area (Å²) in [6.45, 7) is 4.34. The molecule has 0 radical (unpaired) electrons. The van der Waals surface area contributed by atoms with Crippen LogP contribution in [0.1, 0.15) is 19.8 Å². The smallest absolute Gasteiger partial charge is 0.246 e.